The molecule has 2 unspecified atom stereocenters. The van der Waals surface area contributed by atoms with Crippen molar-refractivity contribution in [3.05, 3.63) is 0 Å². The number of nitrogens with zero attached hydrogens (tertiary/aromatic N) is 1. The number of likely N-dealkylation sites (tertiary alicyclic amines) is 1. The molecule has 2 amide bonds. The van der Waals surface area contributed by atoms with Gasteiger partial charge in [-0.1, -0.05) is 20.8 Å². The number of aliphatic hydroxyl groups is 1. The monoisotopic (exact) mass is 300 g/mol. The maximum atomic E-state index is 11.9. The second-order valence-corrected chi connectivity index (χ2v) is 6.90. The Morgan fingerprint density at radius 1 is 1.33 bits per heavy atom. The highest BCUT2D eigenvalue weighted by atomic mass is 16.4. The van der Waals surface area contributed by atoms with E-state index in [-0.39, 0.29) is 23.8 Å². The molecule has 1 aliphatic heterocycles. The molecule has 0 aromatic heterocycles. The summed E-state index contributed by atoms with van der Waals surface area (Å²) in [6.45, 7) is 7.81. The van der Waals surface area contributed by atoms with E-state index in [9.17, 15) is 14.7 Å². The average molecular weight is 300 g/mol. The van der Waals surface area contributed by atoms with E-state index >= 15 is 0 Å². The van der Waals surface area contributed by atoms with Crippen LogP contribution >= 0.6 is 0 Å². The van der Waals surface area contributed by atoms with E-state index in [0.29, 0.717) is 32.5 Å². The fraction of sp³-hybridized carbons (Fsp3) is 0.867. The minimum Gasteiger partial charge on any atom is -0.481 e. The van der Waals surface area contributed by atoms with Gasteiger partial charge in [-0.25, -0.2) is 4.79 Å². The number of carboxylic acid groups (broad SMARTS) is 1. The van der Waals surface area contributed by atoms with Gasteiger partial charge in [0.2, 0.25) is 0 Å². The van der Waals surface area contributed by atoms with Crippen molar-refractivity contribution in [3.63, 3.8) is 0 Å². The number of carbonyl (C=O) groups is 2. The van der Waals surface area contributed by atoms with Crippen molar-refractivity contribution in [1.29, 1.82) is 0 Å². The van der Waals surface area contributed by atoms with E-state index in [4.69, 9.17) is 5.11 Å². The number of hydrogen-bond donors (Lipinski definition) is 3. The number of carboxylic acids is 1. The van der Waals surface area contributed by atoms with Gasteiger partial charge in [-0.3, -0.25) is 4.79 Å². The molecule has 6 heteroatoms. The molecular formula is C15H28N2O4. The first kappa shape index (κ1) is 17.8. The molecule has 0 saturated carbocycles. The standard InChI is InChI=1S/C15H28N2O4/c1-15(2,3)11(4-5-13(19)20)6-8-16-14(21)17-9-7-12(18)10-17/h11-12,18H,4-10H2,1-3H3,(H,16,21)(H,19,20). The zero-order chi connectivity index (χ0) is 16.0. The first-order valence-electron chi connectivity index (χ1n) is 7.62. The number of urea groups is 1. The molecule has 1 fully saturated rings. The summed E-state index contributed by atoms with van der Waals surface area (Å²) in [4.78, 5) is 24.2. The molecule has 21 heavy (non-hydrogen) atoms. The third-order valence-corrected chi connectivity index (χ3v) is 4.15. The van der Waals surface area contributed by atoms with Crippen LogP contribution in [-0.2, 0) is 4.79 Å². The van der Waals surface area contributed by atoms with Crippen molar-refractivity contribution in [2.45, 2.75) is 52.6 Å². The number of hydrogen-bond acceptors (Lipinski definition) is 3. The maximum absolute atomic E-state index is 11.9. The summed E-state index contributed by atoms with van der Waals surface area (Å²) in [5.41, 5.74) is 0.0179. The largest absolute Gasteiger partial charge is 0.481 e. The van der Waals surface area contributed by atoms with Crippen molar-refractivity contribution in [2.75, 3.05) is 19.6 Å². The van der Waals surface area contributed by atoms with E-state index in [1.807, 2.05) is 0 Å². The van der Waals surface area contributed by atoms with Gasteiger partial charge < -0.3 is 20.4 Å². The summed E-state index contributed by atoms with van der Waals surface area (Å²) in [6, 6.07) is -0.141. The number of β-amino-alcohol motifs (C(OH)–C–C–N with tert-alkyl or cyclic N) is 1. The van der Waals surface area contributed by atoms with E-state index < -0.39 is 12.1 Å². The van der Waals surface area contributed by atoms with Gasteiger partial charge in [0, 0.05) is 26.1 Å². The van der Waals surface area contributed by atoms with Crippen LogP contribution in [0.3, 0.4) is 0 Å². The molecule has 1 heterocycles. The van der Waals surface area contributed by atoms with E-state index in [0.717, 1.165) is 6.42 Å². The van der Waals surface area contributed by atoms with Crippen LogP contribution in [0.2, 0.25) is 0 Å². The molecular weight excluding hydrogens is 272 g/mol. The van der Waals surface area contributed by atoms with Crippen LogP contribution in [0.4, 0.5) is 4.79 Å². The number of aliphatic hydroxyl groups excluding tert-OH is 1. The average Bonchev–Trinajstić information content (AvgIpc) is 2.78. The number of amides is 2. The number of nitrogens with one attached hydrogen (secondary N) is 1. The third kappa shape index (κ3) is 6.33. The van der Waals surface area contributed by atoms with Gasteiger partial charge in [0.1, 0.15) is 0 Å². The lowest BCUT2D eigenvalue weighted by Crippen LogP contribution is -2.40. The van der Waals surface area contributed by atoms with Gasteiger partial charge in [-0.15, -0.1) is 0 Å². The lowest BCUT2D eigenvalue weighted by atomic mass is 9.76. The summed E-state index contributed by atoms with van der Waals surface area (Å²) in [5, 5.41) is 21.1. The molecule has 1 rings (SSSR count). The number of rotatable bonds is 6. The van der Waals surface area contributed by atoms with Crippen molar-refractivity contribution in [1.82, 2.24) is 10.2 Å². The van der Waals surface area contributed by atoms with Crippen molar-refractivity contribution < 1.29 is 19.8 Å². The first-order chi connectivity index (χ1) is 9.70. The normalized spacial score (nSPS) is 20.4. The Kier molecular flexibility index (Phi) is 6.45. The van der Waals surface area contributed by atoms with E-state index in [1.54, 1.807) is 4.90 Å². The van der Waals surface area contributed by atoms with E-state index in [1.165, 1.54) is 0 Å². The third-order valence-electron chi connectivity index (χ3n) is 4.15. The van der Waals surface area contributed by atoms with Gasteiger partial charge in [0.15, 0.2) is 0 Å². The molecule has 0 aliphatic carbocycles. The van der Waals surface area contributed by atoms with Crippen LogP contribution in [0.15, 0.2) is 0 Å². The second-order valence-electron chi connectivity index (χ2n) is 6.90. The minimum absolute atomic E-state index is 0.0179. The fourth-order valence-corrected chi connectivity index (χ4v) is 2.70. The summed E-state index contributed by atoms with van der Waals surface area (Å²) in [7, 11) is 0. The number of carbonyl (C=O) groups excluding carboxylic acids is 1. The molecule has 0 aromatic rings. The molecule has 0 spiro atoms. The fourth-order valence-electron chi connectivity index (χ4n) is 2.70. The first-order valence-corrected chi connectivity index (χ1v) is 7.62. The van der Waals surface area contributed by atoms with E-state index in [2.05, 4.69) is 26.1 Å². The van der Waals surface area contributed by atoms with Gasteiger partial charge >= 0.3 is 12.0 Å². The van der Waals surface area contributed by atoms with Crippen LogP contribution in [0.25, 0.3) is 0 Å². The SMILES string of the molecule is CC(C)(C)C(CCNC(=O)N1CCC(O)C1)CCC(=O)O. The summed E-state index contributed by atoms with van der Waals surface area (Å²) in [5.74, 6) is -0.530. The predicted octanol–water partition coefficient (Wildman–Crippen LogP) is 1.68. The van der Waals surface area contributed by atoms with Crippen molar-refractivity contribution in [3.8, 4) is 0 Å². The summed E-state index contributed by atoms with van der Waals surface area (Å²) in [6.07, 6.45) is 1.77. The van der Waals surface area contributed by atoms with Gasteiger partial charge in [-0.05, 0) is 30.6 Å². The topological polar surface area (TPSA) is 89.9 Å². The second kappa shape index (κ2) is 7.64. The Morgan fingerprint density at radius 2 is 2.00 bits per heavy atom. The lowest BCUT2D eigenvalue weighted by molar-refractivity contribution is -0.137. The molecule has 0 radical (unpaired) electrons. The predicted molar refractivity (Wildman–Crippen MR) is 80.0 cm³/mol. The van der Waals surface area contributed by atoms with Gasteiger partial charge in [0.25, 0.3) is 0 Å². The lowest BCUT2D eigenvalue weighted by Gasteiger charge is -2.30. The maximum Gasteiger partial charge on any atom is 0.317 e. The van der Waals surface area contributed by atoms with Crippen LogP contribution in [-0.4, -0.2) is 52.9 Å². The Hall–Kier alpha value is -1.30. The van der Waals surface area contributed by atoms with Gasteiger partial charge in [-0.2, -0.15) is 0 Å². The molecule has 2 atom stereocenters. The minimum atomic E-state index is -0.778. The zero-order valence-electron chi connectivity index (χ0n) is 13.3. The molecule has 1 aliphatic rings. The molecule has 122 valence electrons. The zero-order valence-corrected chi connectivity index (χ0v) is 13.3. The van der Waals surface area contributed by atoms with Crippen LogP contribution < -0.4 is 5.32 Å². The van der Waals surface area contributed by atoms with Gasteiger partial charge in [0.05, 0.1) is 6.10 Å². The van der Waals surface area contributed by atoms with Crippen molar-refractivity contribution in [2.24, 2.45) is 11.3 Å². The van der Waals surface area contributed by atoms with Crippen LogP contribution in [0.5, 0.6) is 0 Å². The molecule has 1 saturated heterocycles. The Labute approximate surface area is 126 Å². The van der Waals surface area contributed by atoms with Crippen LogP contribution in [0.1, 0.15) is 46.5 Å². The highest BCUT2D eigenvalue weighted by Crippen LogP contribution is 2.32. The molecule has 0 bridgehead atoms. The Balaban J connectivity index is 2.35. The summed E-state index contributed by atoms with van der Waals surface area (Å²) < 4.78 is 0. The van der Waals surface area contributed by atoms with Crippen LogP contribution in [0, 0.1) is 11.3 Å². The summed E-state index contributed by atoms with van der Waals surface area (Å²) >= 11 is 0. The number of aliphatic carboxylic acids is 1. The smallest absolute Gasteiger partial charge is 0.317 e. The molecule has 0 aromatic carbocycles. The highest BCUT2D eigenvalue weighted by molar-refractivity contribution is 5.74. The Bertz CT molecular complexity index is 365. The Morgan fingerprint density at radius 3 is 2.48 bits per heavy atom. The quantitative estimate of drug-likeness (QED) is 0.696. The molecule has 6 nitrogen and oxygen atoms in total. The molecule has 3 N–H and O–H groups in total. The van der Waals surface area contributed by atoms with Crippen molar-refractivity contribution >= 4 is 12.0 Å². The highest BCUT2D eigenvalue weighted by Gasteiger charge is 2.27.